The van der Waals surface area contributed by atoms with E-state index in [4.69, 9.17) is 5.73 Å². The van der Waals surface area contributed by atoms with Gasteiger partial charge in [0.2, 0.25) is 11.8 Å². The summed E-state index contributed by atoms with van der Waals surface area (Å²) in [6, 6.07) is 9.87. The first kappa shape index (κ1) is 23.9. The molecule has 1 aliphatic rings. The van der Waals surface area contributed by atoms with E-state index >= 15 is 0 Å². The molecule has 3 amide bonds. The summed E-state index contributed by atoms with van der Waals surface area (Å²) in [5.41, 5.74) is 5.65. The number of amides is 3. The Bertz CT molecular complexity index is 1110. The number of primary amides is 1. The fourth-order valence-corrected chi connectivity index (χ4v) is 6.43. The molecule has 172 valence electrons. The van der Waals surface area contributed by atoms with Crippen LogP contribution in [-0.4, -0.2) is 50.1 Å². The van der Waals surface area contributed by atoms with Crippen LogP contribution in [0, 0.1) is 12.8 Å². The van der Waals surface area contributed by atoms with Gasteiger partial charge < -0.3 is 16.4 Å². The van der Waals surface area contributed by atoms with Gasteiger partial charge in [-0.3, -0.25) is 14.4 Å². The number of sulfonamides is 1. The minimum atomic E-state index is -3.65. The summed E-state index contributed by atoms with van der Waals surface area (Å²) in [7, 11) is -3.65. The van der Waals surface area contributed by atoms with Gasteiger partial charge in [0, 0.05) is 30.9 Å². The molecule has 32 heavy (non-hydrogen) atoms. The highest BCUT2D eigenvalue weighted by molar-refractivity contribution is 7.91. The first-order chi connectivity index (χ1) is 15.2. The van der Waals surface area contributed by atoms with E-state index in [-0.39, 0.29) is 35.2 Å². The van der Waals surface area contributed by atoms with Crippen LogP contribution in [0.2, 0.25) is 0 Å². The number of hydrogen-bond donors (Lipinski definition) is 3. The van der Waals surface area contributed by atoms with Crippen molar-refractivity contribution in [2.45, 2.75) is 30.4 Å². The van der Waals surface area contributed by atoms with Gasteiger partial charge >= 0.3 is 0 Å². The van der Waals surface area contributed by atoms with Gasteiger partial charge in [0.25, 0.3) is 15.9 Å². The Balaban J connectivity index is 1.68. The number of rotatable bonds is 8. The van der Waals surface area contributed by atoms with E-state index < -0.39 is 27.8 Å². The zero-order chi connectivity index (χ0) is 23.3. The number of anilines is 1. The van der Waals surface area contributed by atoms with Crippen molar-refractivity contribution < 1.29 is 22.8 Å². The predicted octanol–water partition coefficient (Wildman–Crippen LogP) is 1.70. The summed E-state index contributed by atoms with van der Waals surface area (Å²) in [6.45, 7) is 2.38. The van der Waals surface area contributed by atoms with E-state index in [9.17, 15) is 22.8 Å². The normalized spacial score (nSPS) is 17.0. The average Bonchev–Trinajstić information content (AvgIpc) is 3.21. The van der Waals surface area contributed by atoms with Crippen molar-refractivity contribution in [1.82, 2.24) is 9.62 Å². The number of nitrogens with two attached hydrogens (primary N) is 1. The average molecular weight is 479 g/mol. The maximum atomic E-state index is 12.9. The van der Waals surface area contributed by atoms with E-state index in [1.807, 2.05) is 6.92 Å². The van der Waals surface area contributed by atoms with E-state index in [0.29, 0.717) is 25.1 Å². The Morgan fingerprint density at radius 3 is 2.62 bits per heavy atom. The lowest BCUT2D eigenvalue weighted by molar-refractivity contribution is -0.121. The van der Waals surface area contributed by atoms with Crippen LogP contribution in [0.3, 0.4) is 0 Å². The van der Waals surface area contributed by atoms with Gasteiger partial charge in [-0.15, -0.1) is 11.3 Å². The maximum absolute atomic E-state index is 12.9. The third kappa shape index (κ3) is 5.72. The largest absolute Gasteiger partial charge is 0.370 e. The Hall–Kier alpha value is -2.76. The van der Waals surface area contributed by atoms with Gasteiger partial charge in [0.15, 0.2) is 0 Å². The fraction of sp³-hybridized carbons (Fsp3) is 0.381. The molecule has 1 aliphatic heterocycles. The molecular formula is C21H26N4O5S2. The number of hydrogen-bond acceptors (Lipinski definition) is 6. The standard InChI is InChI=1S/C21H26N4O5S2/c1-14-8-9-19(31-14)32(29,30)25-12-4-5-15(13-25)20(27)24-17-7-3-2-6-16(17)21(28)23-11-10-18(22)26/h2-3,6-9,15H,4-5,10-13H2,1H3,(H2,22,26)(H,23,28)(H,24,27). The number of nitrogens with one attached hydrogen (secondary N) is 2. The van der Waals surface area contributed by atoms with Crippen LogP contribution >= 0.6 is 11.3 Å². The highest BCUT2D eigenvalue weighted by Gasteiger charge is 2.34. The number of carbonyl (C=O) groups excluding carboxylic acids is 3. The number of nitrogens with zero attached hydrogens (tertiary/aromatic N) is 1. The van der Waals surface area contributed by atoms with Crippen LogP contribution < -0.4 is 16.4 Å². The van der Waals surface area contributed by atoms with Crippen molar-refractivity contribution in [2.75, 3.05) is 25.0 Å². The topological polar surface area (TPSA) is 139 Å². The van der Waals surface area contributed by atoms with Crippen molar-refractivity contribution in [1.29, 1.82) is 0 Å². The van der Waals surface area contributed by atoms with Gasteiger partial charge in [-0.1, -0.05) is 12.1 Å². The third-order valence-corrected chi connectivity index (χ3v) is 8.48. The fourth-order valence-electron chi connectivity index (χ4n) is 3.47. The molecular weight excluding hydrogens is 452 g/mol. The van der Waals surface area contributed by atoms with Crippen molar-refractivity contribution in [3.05, 3.63) is 46.8 Å². The lowest BCUT2D eigenvalue weighted by Gasteiger charge is -2.31. The molecule has 1 fully saturated rings. The minimum absolute atomic E-state index is 0.0103. The van der Waals surface area contributed by atoms with Gasteiger partial charge in [-0.25, -0.2) is 8.42 Å². The number of thiophene rings is 1. The predicted molar refractivity (Wildman–Crippen MR) is 122 cm³/mol. The molecule has 0 saturated carbocycles. The zero-order valence-electron chi connectivity index (χ0n) is 17.7. The van der Waals surface area contributed by atoms with Crippen LogP contribution in [0.25, 0.3) is 0 Å². The Morgan fingerprint density at radius 2 is 1.94 bits per heavy atom. The van der Waals surface area contributed by atoms with Gasteiger partial charge in [0.05, 0.1) is 17.2 Å². The highest BCUT2D eigenvalue weighted by atomic mass is 32.2. The smallest absolute Gasteiger partial charge is 0.253 e. The molecule has 1 unspecified atom stereocenters. The van der Waals surface area contributed by atoms with E-state index in [2.05, 4.69) is 10.6 Å². The second kappa shape index (κ2) is 10.2. The van der Waals surface area contributed by atoms with Crippen LogP contribution in [0.1, 0.15) is 34.5 Å². The molecule has 1 aromatic carbocycles. The summed E-state index contributed by atoms with van der Waals surface area (Å²) >= 11 is 1.21. The Kier molecular flexibility index (Phi) is 7.64. The second-order valence-corrected chi connectivity index (χ2v) is 11.0. The highest BCUT2D eigenvalue weighted by Crippen LogP contribution is 2.29. The SMILES string of the molecule is Cc1ccc(S(=O)(=O)N2CCCC(C(=O)Nc3ccccc3C(=O)NCCC(N)=O)C2)s1. The number of para-hydroxylation sites is 1. The van der Waals surface area contributed by atoms with E-state index in [1.54, 1.807) is 36.4 Å². The maximum Gasteiger partial charge on any atom is 0.253 e. The summed E-state index contributed by atoms with van der Waals surface area (Å²) in [5.74, 6) is -1.85. The van der Waals surface area contributed by atoms with Crippen LogP contribution in [0.5, 0.6) is 0 Å². The number of carbonyl (C=O) groups is 3. The molecule has 2 heterocycles. The molecule has 1 aromatic heterocycles. The summed E-state index contributed by atoms with van der Waals surface area (Å²) < 4.78 is 27.5. The molecule has 0 aliphatic carbocycles. The number of piperidine rings is 1. The zero-order valence-corrected chi connectivity index (χ0v) is 19.3. The first-order valence-corrected chi connectivity index (χ1v) is 12.5. The van der Waals surface area contributed by atoms with E-state index in [1.165, 1.54) is 15.6 Å². The Labute approximate surface area is 191 Å². The summed E-state index contributed by atoms with van der Waals surface area (Å²) in [4.78, 5) is 37.1. The lowest BCUT2D eigenvalue weighted by Crippen LogP contribution is -2.43. The quantitative estimate of drug-likeness (QED) is 0.530. The van der Waals surface area contributed by atoms with Crippen molar-refractivity contribution in [3.63, 3.8) is 0 Å². The van der Waals surface area contributed by atoms with Gasteiger partial charge in [-0.2, -0.15) is 4.31 Å². The molecule has 0 spiro atoms. The van der Waals surface area contributed by atoms with Crippen LogP contribution in [0.15, 0.2) is 40.6 Å². The monoisotopic (exact) mass is 478 g/mol. The molecule has 0 radical (unpaired) electrons. The minimum Gasteiger partial charge on any atom is -0.370 e. The molecule has 9 nitrogen and oxygen atoms in total. The van der Waals surface area contributed by atoms with Crippen molar-refractivity contribution in [3.8, 4) is 0 Å². The number of aryl methyl sites for hydroxylation is 1. The Morgan fingerprint density at radius 1 is 1.19 bits per heavy atom. The van der Waals surface area contributed by atoms with Crippen LogP contribution in [-0.2, 0) is 19.6 Å². The molecule has 4 N–H and O–H groups in total. The second-order valence-electron chi connectivity index (χ2n) is 7.57. The van der Waals surface area contributed by atoms with E-state index in [0.717, 1.165) is 4.88 Å². The molecule has 1 atom stereocenters. The molecule has 2 aromatic rings. The van der Waals surface area contributed by atoms with Crippen molar-refractivity contribution >= 4 is 44.8 Å². The lowest BCUT2D eigenvalue weighted by atomic mass is 9.98. The first-order valence-electron chi connectivity index (χ1n) is 10.2. The summed E-state index contributed by atoms with van der Waals surface area (Å²) in [6.07, 6.45) is 1.13. The third-order valence-electron chi connectivity index (χ3n) is 5.15. The molecule has 3 rings (SSSR count). The van der Waals surface area contributed by atoms with Crippen molar-refractivity contribution in [2.24, 2.45) is 11.7 Å². The van der Waals surface area contributed by atoms with Gasteiger partial charge in [0.1, 0.15) is 4.21 Å². The van der Waals surface area contributed by atoms with Crippen LogP contribution in [0.4, 0.5) is 5.69 Å². The number of benzene rings is 1. The molecule has 0 bridgehead atoms. The molecule has 11 heteroatoms. The summed E-state index contributed by atoms with van der Waals surface area (Å²) in [5, 5.41) is 5.36. The molecule has 1 saturated heterocycles. The van der Waals surface area contributed by atoms with Gasteiger partial charge in [-0.05, 0) is 44.0 Å².